The van der Waals surface area contributed by atoms with Crippen LogP contribution in [0.15, 0.2) is 29.2 Å². The maximum Gasteiger partial charge on any atom is 0.335 e. The first kappa shape index (κ1) is 24.6. The van der Waals surface area contributed by atoms with Crippen molar-refractivity contribution in [2.75, 3.05) is 6.61 Å². The average molecular weight is 415 g/mol. The molecular formula is C21H34O6S. The Morgan fingerprint density at radius 3 is 2.14 bits per heavy atom. The van der Waals surface area contributed by atoms with E-state index in [2.05, 4.69) is 0 Å². The molecule has 0 spiro atoms. The summed E-state index contributed by atoms with van der Waals surface area (Å²) in [6, 6.07) is 6.54. The van der Waals surface area contributed by atoms with Crippen LogP contribution >= 0.6 is 0 Å². The lowest BCUT2D eigenvalue weighted by Gasteiger charge is -2.27. The number of carbonyl (C=O) groups excluding carboxylic acids is 1. The van der Waals surface area contributed by atoms with Crippen molar-refractivity contribution in [2.24, 2.45) is 5.92 Å². The number of rotatable bonds is 10. The SMILES string of the molecule is Cc1ccc(S(=O)(=O)OCCCC(OC(C)C(=O)OC(C)(C)C)C(C)C)cc1. The van der Waals surface area contributed by atoms with Crippen molar-refractivity contribution in [1.29, 1.82) is 0 Å². The Hall–Kier alpha value is -1.44. The zero-order valence-electron chi connectivity index (χ0n) is 18.0. The van der Waals surface area contributed by atoms with Gasteiger partial charge in [-0.05, 0) is 65.5 Å². The molecule has 2 atom stereocenters. The summed E-state index contributed by atoms with van der Waals surface area (Å²) >= 11 is 0. The lowest BCUT2D eigenvalue weighted by Crippen LogP contribution is -2.35. The standard InChI is InChI=1S/C21H34O6S/c1-15(2)19(26-17(4)20(22)27-21(5,6)7)9-8-14-25-28(23,24)18-12-10-16(3)11-13-18/h10-13,15,17,19H,8-9,14H2,1-7H3. The van der Waals surface area contributed by atoms with Crippen molar-refractivity contribution in [3.63, 3.8) is 0 Å². The van der Waals surface area contributed by atoms with E-state index in [0.717, 1.165) is 5.56 Å². The van der Waals surface area contributed by atoms with Crippen LogP contribution in [0.3, 0.4) is 0 Å². The molecule has 0 aliphatic carbocycles. The van der Waals surface area contributed by atoms with Gasteiger partial charge < -0.3 is 9.47 Å². The Bertz CT molecular complexity index is 716. The van der Waals surface area contributed by atoms with Crippen molar-refractivity contribution in [1.82, 2.24) is 0 Å². The third kappa shape index (κ3) is 8.71. The van der Waals surface area contributed by atoms with Crippen molar-refractivity contribution < 1.29 is 26.9 Å². The minimum atomic E-state index is -3.77. The fraction of sp³-hybridized carbons (Fsp3) is 0.667. The molecule has 0 heterocycles. The third-order valence-corrected chi connectivity index (χ3v) is 5.37. The van der Waals surface area contributed by atoms with Gasteiger partial charge in [0.2, 0.25) is 0 Å². The number of esters is 1. The number of benzene rings is 1. The highest BCUT2D eigenvalue weighted by Gasteiger charge is 2.26. The maximum atomic E-state index is 12.2. The summed E-state index contributed by atoms with van der Waals surface area (Å²) in [6.07, 6.45) is 0.181. The second kappa shape index (κ2) is 10.4. The molecule has 28 heavy (non-hydrogen) atoms. The number of hydrogen-bond donors (Lipinski definition) is 0. The first-order chi connectivity index (χ1) is 12.8. The van der Waals surface area contributed by atoms with Gasteiger partial charge in [-0.2, -0.15) is 8.42 Å². The Labute approximate surface area is 169 Å². The summed E-state index contributed by atoms with van der Waals surface area (Å²) in [7, 11) is -3.77. The number of hydrogen-bond acceptors (Lipinski definition) is 6. The van der Waals surface area contributed by atoms with Crippen LogP contribution in [0.5, 0.6) is 0 Å². The van der Waals surface area contributed by atoms with Gasteiger partial charge in [0.05, 0.1) is 17.6 Å². The topological polar surface area (TPSA) is 78.9 Å². The quantitative estimate of drug-likeness (QED) is 0.323. The predicted molar refractivity (Wildman–Crippen MR) is 109 cm³/mol. The Morgan fingerprint density at radius 2 is 1.64 bits per heavy atom. The fourth-order valence-corrected chi connectivity index (χ4v) is 3.43. The highest BCUT2D eigenvalue weighted by molar-refractivity contribution is 7.86. The monoisotopic (exact) mass is 414 g/mol. The molecule has 1 aromatic rings. The molecule has 0 N–H and O–H groups in total. The molecule has 0 radical (unpaired) electrons. The molecule has 0 fully saturated rings. The van der Waals surface area contributed by atoms with Crippen LogP contribution in [0.25, 0.3) is 0 Å². The Balaban J connectivity index is 2.53. The highest BCUT2D eigenvalue weighted by Crippen LogP contribution is 2.19. The largest absolute Gasteiger partial charge is 0.458 e. The van der Waals surface area contributed by atoms with Gasteiger partial charge in [0, 0.05) is 0 Å². The van der Waals surface area contributed by atoms with Crippen molar-refractivity contribution in [2.45, 2.75) is 84.0 Å². The summed E-state index contributed by atoms with van der Waals surface area (Å²) in [5.74, 6) is -0.241. The van der Waals surface area contributed by atoms with Crippen molar-refractivity contribution in [3.8, 4) is 0 Å². The number of ether oxygens (including phenoxy) is 2. The van der Waals surface area contributed by atoms with Gasteiger partial charge >= 0.3 is 5.97 Å². The molecule has 0 aliphatic heterocycles. The summed E-state index contributed by atoms with van der Waals surface area (Å²) in [6.45, 7) is 13.0. The van der Waals surface area contributed by atoms with E-state index < -0.39 is 27.8 Å². The molecular weight excluding hydrogens is 380 g/mol. The molecule has 2 unspecified atom stereocenters. The lowest BCUT2D eigenvalue weighted by atomic mass is 10.0. The molecule has 7 heteroatoms. The molecule has 160 valence electrons. The molecule has 0 aromatic heterocycles. The minimum Gasteiger partial charge on any atom is -0.458 e. The van der Waals surface area contributed by atoms with E-state index in [1.54, 1.807) is 19.1 Å². The molecule has 0 saturated heterocycles. The normalized spacial score (nSPS) is 14.7. The van der Waals surface area contributed by atoms with E-state index in [-0.39, 0.29) is 23.5 Å². The smallest absolute Gasteiger partial charge is 0.335 e. The summed E-state index contributed by atoms with van der Waals surface area (Å²) < 4.78 is 40.8. The molecule has 1 rings (SSSR count). The van der Waals surface area contributed by atoms with Crippen LogP contribution in [-0.4, -0.2) is 38.8 Å². The third-order valence-electron chi connectivity index (χ3n) is 4.04. The van der Waals surface area contributed by atoms with Crippen LogP contribution in [0.2, 0.25) is 0 Å². The van der Waals surface area contributed by atoms with Crippen LogP contribution in [-0.2, 0) is 28.6 Å². The molecule has 0 amide bonds. The van der Waals surface area contributed by atoms with E-state index in [1.165, 1.54) is 12.1 Å². The van der Waals surface area contributed by atoms with Gasteiger partial charge in [-0.25, -0.2) is 4.79 Å². The Morgan fingerprint density at radius 1 is 1.07 bits per heavy atom. The van der Waals surface area contributed by atoms with Crippen molar-refractivity contribution >= 4 is 16.1 Å². The van der Waals surface area contributed by atoms with E-state index in [4.69, 9.17) is 13.7 Å². The van der Waals surface area contributed by atoms with Crippen LogP contribution in [0, 0.1) is 12.8 Å². The van der Waals surface area contributed by atoms with Crippen LogP contribution < -0.4 is 0 Å². The van der Waals surface area contributed by atoms with Gasteiger partial charge in [-0.1, -0.05) is 31.5 Å². The van der Waals surface area contributed by atoms with E-state index >= 15 is 0 Å². The predicted octanol–water partition coefficient (Wildman–Crippen LogP) is 4.25. The number of carbonyl (C=O) groups is 1. The summed E-state index contributed by atoms with van der Waals surface area (Å²) in [5, 5.41) is 0. The summed E-state index contributed by atoms with van der Waals surface area (Å²) in [4.78, 5) is 12.3. The number of aryl methyl sites for hydroxylation is 1. The van der Waals surface area contributed by atoms with E-state index in [0.29, 0.717) is 12.8 Å². The Kier molecular flexibility index (Phi) is 9.11. The van der Waals surface area contributed by atoms with Gasteiger partial charge in [-0.15, -0.1) is 0 Å². The van der Waals surface area contributed by atoms with Crippen molar-refractivity contribution in [3.05, 3.63) is 29.8 Å². The average Bonchev–Trinajstić information content (AvgIpc) is 2.56. The first-order valence-corrected chi connectivity index (χ1v) is 11.1. The fourth-order valence-electron chi connectivity index (χ4n) is 2.49. The minimum absolute atomic E-state index is 0.0591. The lowest BCUT2D eigenvalue weighted by molar-refractivity contribution is -0.172. The molecule has 0 bridgehead atoms. The molecule has 0 saturated carbocycles. The maximum absolute atomic E-state index is 12.2. The van der Waals surface area contributed by atoms with Gasteiger partial charge in [0.1, 0.15) is 5.60 Å². The second-order valence-corrected chi connectivity index (χ2v) is 9.94. The van der Waals surface area contributed by atoms with E-state index in [9.17, 15) is 13.2 Å². The molecule has 1 aromatic carbocycles. The highest BCUT2D eigenvalue weighted by atomic mass is 32.2. The van der Waals surface area contributed by atoms with E-state index in [1.807, 2.05) is 41.5 Å². The molecule has 0 aliphatic rings. The first-order valence-electron chi connectivity index (χ1n) is 9.66. The second-order valence-electron chi connectivity index (χ2n) is 8.33. The summed E-state index contributed by atoms with van der Waals surface area (Å²) in [5.41, 5.74) is 0.412. The zero-order valence-corrected chi connectivity index (χ0v) is 18.8. The van der Waals surface area contributed by atoms with Gasteiger partial charge in [0.15, 0.2) is 6.10 Å². The van der Waals surface area contributed by atoms with Crippen LogP contribution in [0.4, 0.5) is 0 Å². The van der Waals surface area contributed by atoms with Gasteiger partial charge in [0.25, 0.3) is 10.1 Å². The van der Waals surface area contributed by atoms with Gasteiger partial charge in [-0.3, -0.25) is 4.18 Å². The molecule has 6 nitrogen and oxygen atoms in total. The zero-order chi connectivity index (χ0) is 21.5. The van der Waals surface area contributed by atoms with Crippen LogP contribution in [0.1, 0.15) is 59.9 Å².